The van der Waals surface area contributed by atoms with Crippen molar-refractivity contribution in [2.45, 2.75) is 6.61 Å². The molecule has 3 nitrogen and oxygen atoms in total. The predicted molar refractivity (Wildman–Crippen MR) is 61.6 cm³/mol. The Kier molecular flexibility index (Phi) is 3.17. The second kappa shape index (κ2) is 4.60. The van der Waals surface area contributed by atoms with Gasteiger partial charge in [-0.25, -0.2) is 0 Å². The Balaban J connectivity index is 2.45. The van der Waals surface area contributed by atoms with Gasteiger partial charge in [-0.3, -0.25) is 0 Å². The Hall–Kier alpha value is -1.45. The number of hydrogen-bond acceptors (Lipinski definition) is 3. The summed E-state index contributed by atoms with van der Waals surface area (Å²) in [5, 5.41) is 9.50. The van der Waals surface area contributed by atoms with Crippen molar-refractivity contribution in [1.82, 2.24) is 0 Å². The molecule has 0 aliphatic carbocycles. The Labute approximate surface area is 98.2 Å². The highest BCUT2D eigenvalue weighted by molar-refractivity contribution is 6.33. The molecule has 2 rings (SSSR count). The van der Waals surface area contributed by atoms with Gasteiger partial charge in [0.05, 0.1) is 12.1 Å². The van der Waals surface area contributed by atoms with Crippen LogP contribution in [0.2, 0.25) is 5.02 Å². The average Bonchev–Trinajstić information content (AvgIpc) is 2.78. The van der Waals surface area contributed by atoms with Gasteiger partial charge in [0, 0.05) is 5.56 Å². The van der Waals surface area contributed by atoms with E-state index in [1.807, 2.05) is 0 Å². The predicted octanol–water partition coefficient (Wildman–Crippen LogP) is 3.10. The highest BCUT2D eigenvalue weighted by Gasteiger charge is 2.09. The molecule has 0 amide bonds. The van der Waals surface area contributed by atoms with Gasteiger partial charge in [-0.05, 0) is 30.3 Å². The van der Waals surface area contributed by atoms with Crippen LogP contribution in [0.15, 0.2) is 34.7 Å². The van der Waals surface area contributed by atoms with E-state index < -0.39 is 0 Å². The summed E-state index contributed by atoms with van der Waals surface area (Å²) in [5.74, 6) is 1.84. The summed E-state index contributed by atoms with van der Waals surface area (Å²) in [5.41, 5.74) is 0.751. The summed E-state index contributed by atoms with van der Waals surface area (Å²) in [4.78, 5) is 0. The number of furan rings is 1. The van der Waals surface area contributed by atoms with Crippen LogP contribution in [0.1, 0.15) is 5.76 Å². The lowest BCUT2D eigenvalue weighted by Crippen LogP contribution is -1.84. The van der Waals surface area contributed by atoms with Crippen molar-refractivity contribution < 1.29 is 14.3 Å². The van der Waals surface area contributed by atoms with E-state index in [9.17, 15) is 0 Å². The third kappa shape index (κ3) is 2.05. The third-order valence-electron chi connectivity index (χ3n) is 2.26. The quantitative estimate of drug-likeness (QED) is 0.894. The second-order valence-electron chi connectivity index (χ2n) is 3.27. The molecule has 84 valence electrons. The van der Waals surface area contributed by atoms with Crippen molar-refractivity contribution in [1.29, 1.82) is 0 Å². The van der Waals surface area contributed by atoms with Crippen LogP contribution in [0, 0.1) is 0 Å². The monoisotopic (exact) mass is 238 g/mol. The lowest BCUT2D eigenvalue weighted by molar-refractivity contribution is 0.248. The summed E-state index contributed by atoms with van der Waals surface area (Å²) in [6, 6.07) is 8.80. The van der Waals surface area contributed by atoms with Crippen molar-refractivity contribution >= 4 is 11.6 Å². The normalized spacial score (nSPS) is 10.4. The molecule has 2 aromatic rings. The van der Waals surface area contributed by atoms with Crippen LogP contribution in [-0.4, -0.2) is 12.2 Å². The van der Waals surface area contributed by atoms with Crippen LogP contribution in [0.5, 0.6) is 5.75 Å². The average molecular weight is 239 g/mol. The number of halogens is 1. The molecule has 1 N–H and O–H groups in total. The Morgan fingerprint density at radius 3 is 2.75 bits per heavy atom. The maximum Gasteiger partial charge on any atom is 0.136 e. The number of aliphatic hydroxyl groups is 1. The fourth-order valence-corrected chi connectivity index (χ4v) is 1.64. The molecule has 1 aromatic carbocycles. The van der Waals surface area contributed by atoms with E-state index in [0.717, 1.165) is 5.56 Å². The van der Waals surface area contributed by atoms with Gasteiger partial charge in [0.15, 0.2) is 0 Å². The lowest BCUT2D eigenvalue weighted by Gasteiger charge is -2.04. The summed E-state index contributed by atoms with van der Waals surface area (Å²) >= 11 is 6.06. The molecule has 0 aliphatic heterocycles. The third-order valence-corrected chi connectivity index (χ3v) is 2.59. The maximum atomic E-state index is 8.92. The zero-order valence-corrected chi connectivity index (χ0v) is 9.49. The van der Waals surface area contributed by atoms with E-state index in [1.54, 1.807) is 37.4 Å². The molecule has 0 saturated heterocycles. The van der Waals surface area contributed by atoms with Crippen LogP contribution < -0.4 is 4.74 Å². The number of methoxy groups -OCH3 is 1. The first-order chi connectivity index (χ1) is 7.74. The van der Waals surface area contributed by atoms with Crippen LogP contribution >= 0.6 is 11.6 Å². The van der Waals surface area contributed by atoms with E-state index in [4.69, 9.17) is 25.9 Å². The van der Waals surface area contributed by atoms with E-state index >= 15 is 0 Å². The minimum absolute atomic E-state index is 0.123. The molecule has 0 aliphatic rings. The molecular formula is C12H11ClO3. The maximum absolute atomic E-state index is 8.92. The highest BCUT2D eigenvalue weighted by Crippen LogP contribution is 2.32. The van der Waals surface area contributed by atoms with Crippen LogP contribution in [0.25, 0.3) is 11.3 Å². The molecule has 1 heterocycles. The molecule has 4 heteroatoms. The van der Waals surface area contributed by atoms with Gasteiger partial charge >= 0.3 is 0 Å². The summed E-state index contributed by atoms with van der Waals surface area (Å²) in [6.45, 7) is -0.123. The van der Waals surface area contributed by atoms with Gasteiger partial charge in [0.1, 0.15) is 23.9 Å². The largest absolute Gasteiger partial charge is 0.497 e. The SMILES string of the molecule is COc1ccc(Cl)c(-c2ccc(CO)o2)c1. The molecule has 0 saturated carbocycles. The minimum atomic E-state index is -0.123. The zero-order chi connectivity index (χ0) is 11.5. The smallest absolute Gasteiger partial charge is 0.136 e. The van der Waals surface area contributed by atoms with E-state index in [2.05, 4.69) is 0 Å². The number of rotatable bonds is 3. The Morgan fingerprint density at radius 2 is 2.12 bits per heavy atom. The molecule has 16 heavy (non-hydrogen) atoms. The number of hydrogen-bond donors (Lipinski definition) is 1. The van der Waals surface area contributed by atoms with E-state index in [-0.39, 0.29) is 6.61 Å². The van der Waals surface area contributed by atoms with Crippen molar-refractivity contribution in [3.8, 4) is 17.1 Å². The van der Waals surface area contributed by atoms with Crippen molar-refractivity contribution in [2.75, 3.05) is 7.11 Å². The molecule has 0 atom stereocenters. The van der Waals surface area contributed by atoms with Crippen LogP contribution in [0.4, 0.5) is 0 Å². The van der Waals surface area contributed by atoms with Gasteiger partial charge in [-0.1, -0.05) is 11.6 Å². The van der Waals surface area contributed by atoms with E-state index in [1.165, 1.54) is 0 Å². The van der Waals surface area contributed by atoms with Crippen molar-refractivity contribution in [2.24, 2.45) is 0 Å². The van der Waals surface area contributed by atoms with Crippen LogP contribution in [-0.2, 0) is 6.61 Å². The van der Waals surface area contributed by atoms with Crippen molar-refractivity contribution in [3.05, 3.63) is 41.1 Å². The number of benzene rings is 1. The summed E-state index contributed by atoms with van der Waals surface area (Å²) in [7, 11) is 1.59. The minimum Gasteiger partial charge on any atom is -0.497 e. The van der Waals surface area contributed by atoms with Gasteiger partial charge in [0.2, 0.25) is 0 Å². The Bertz CT molecular complexity index is 491. The van der Waals surface area contributed by atoms with E-state index in [0.29, 0.717) is 22.3 Å². The first-order valence-corrected chi connectivity index (χ1v) is 5.16. The van der Waals surface area contributed by atoms with Gasteiger partial charge in [-0.2, -0.15) is 0 Å². The van der Waals surface area contributed by atoms with Gasteiger partial charge < -0.3 is 14.3 Å². The fourth-order valence-electron chi connectivity index (χ4n) is 1.43. The molecular weight excluding hydrogens is 228 g/mol. The Morgan fingerprint density at radius 1 is 1.31 bits per heavy atom. The summed E-state index contributed by atoms with van der Waals surface area (Å²) < 4.78 is 10.5. The topological polar surface area (TPSA) is 42.6 Å². The second-order valence-corrected chi connectivity index (χ2v) is 3.68. The molecule has 1 aromatic heterocycles. The highest BCUT2D eigenvalue weighted by atomic mass is 35.5. The van der Waals surface area contributed by atoms with Crippen LogP contribution in [0.3, 0.4) is 0 Å². The zero-order valence-electron chi connectivity index (χ0n) is 8.74. The number of ether oxygens (including phenoxy) is 1. The summed E-state index contributed by atoms with van der Waals surface area (Å²) in [6.07, 6.45) is 0. The number of aliphatic hydroxyl groups excluding tert-OH is 1. The van der Waals surface area contributed by atoms with Gasteiger partial charge in [-0.15, -0.1) is 0 Å². The first kappa shape index (κ1) is 11.0. The van der Waals surface area contributed by atoms with Gasteiger partial charge in [0.25, 0.3) is 0 Å². The van der Waals surface area contributed by atoms with Crippen molar-refractivity contribution in [3.63, 3.8) is 0 Å². The molecule has 0 fully saturated rings. The molecule has 0 bridgehead atoms. The molecule has 0 unspecified atom stereocenters. The first-order valence-electron chi connectivity index (χ1n) is 4.78. The molecule has 0 radical (unpaired) electrons. The fraction of sp³-hybridized carbons (Fsp3) is 0.167. The lowest BCUT2D eigenvalue weighted by atomic mass is 10.1. The standard InChI is InChI=1S/C12H11ClO3/c1-15-8-2-4-11(13)10(6-8)12-5-3-9(7-14)16-12/h2-6,14H,7H2,1H3. The molecule has 0 spiro atoms.